The molecule has 8 heteroatoms. The quantitative estimate of drug-likeness (QED) is 0.829. The second kappa shape index (κ2) is 10.0. The normalized spacial score (nSPS) is 10.2. The van der Waals surface area contributed by atoms with Crippen LogP contribution in [0.1, 0.15) is 34.8 Å². The van der Waals surface area contributed by atoms with Gasteiger partial charge in [-0.15, -0.1) is 11.3 Å². The number of hydrogen-bond donors (Lipinski definition) is 1. The number of benzene rings is 1. The van der Waals surface area contributed by atoms with Gasteiger partial charge >= 0.3 is 5.97 Å². The summed E-state index contributed by atoms with van der Waals surface area (Å²) < 4.78 is 15.2. The lowest BCUT2D eigenvalue weighted by Crippen LogP contribution is -2.05. The van der Waals surface area contributed by atoms with E-state index in [1.54, 1.807) is 37.6 Å². The van der Waals surface area contributed by atoms with Crippen LogP contribution in [0.5, 0.6) is 5.75 Å². The largest absolute Gasteiger partial charge is 0.492 e. The molecule has 0 atom stereocenters. The molecule has 0 bridgehead atoms. The van der Waals surface area contributed by atoms with Gasteiger partial charge in [0.2, 0.25) is 0 Å². The Kier molecular flexibility index (Phi) is 8.42. The number of rotatable bonds is 5. The van der Waals surface area contributed by atoms with Crippen LogP contribution in [0.25, 0.3) is 10.6 Å². The summed E-state index contributed by atoms with van der Waals surface area (Å²) in [5.41, 5.74) is 1.61. The second-order valence-corrected chi connectivity index (χ2v) is 8.49. The van der Waals surface area contributed by atoms with Gasteiger partial charge in [-0.2, -0.15) is 5.26 Å². The average molecular weight is 395 g/mol. The predicted molar refractivity (Wildman–Crippen MR) is 104 cm³/mol. The van der Waals surface area contributed by atoms with Crippen molar-refractivity contribution in [3.8, 4) is 22.4 Å². The third kappa shape index (κ3) is 6.58. The molecule has 2 rings (SSSR count). The Labute approximate surface area is 159 Å². The first-order chi connectivity index (χ1) is 12.1. The molecular weight excluding hydrogens is 372 g/mol. The number of carboxylic acid groups (broad SMARTS) is 1. The molecule has 0 fully saturated rings. The number of carbonyl (C=O) groups is 1. The number of nitriles is 1. The highest BCUT2D eigenvalue weighted by Crippen LogP contribution is 2.31. The Morgan fingerprint density at radius 2 is 2.04 bits per heavy atom. The molecule has 1 aromatic carbocycles. The van der Waals surface area contributed by atoms with Crippen LogP contribution in [0.15, 0.2) is 18.2 Å². The predicted octanol–water partition coefficient (Wildman–Crippen LogP) is 3.72. The number of ether oxygens (including phenoxy) is 1. The minimum Gasteiger partial charge on any atom is -0.492 e. The summed E-state index contributed by atoms with van der Waals surface area (Å²) in [5, 5.41) is 18.9. The number of thiazole rings is 1. The monoisotopic (exact) mass is 394 g/mol. The molecule has 6 nitrogen and oxygen atoms in total. The third-order valence-corrected chi connectivity index (χ3v) is 4.10. The van der Waals surface area contributed by atoms with Crippen LogP contribution >= 0.6 is 11.3 Å². The van der Waals surface area contributed by atoms with E-state index in [4.69, 9.17) is 9.84 Å². The SMILES string of the molecule is CS(C)=O.Cc1nc(-c2ccc(OCC(C)C)c(C#N)c2)sc1C(=O)O. The molecule has 140 valence electrons. The molecule has 1 N–H and O–H groups in total. The Morgan fingerprint density at radius 3 is 2.50 bits per heavy atom. The van der Waals surface area contributed by atoms with E-state index in [0.29, 0.717) is 40.1 Å². The number of carboxylic acids is 1. The summed E-state index contributed by atoms with van der Waals surface area (Å²) in [6.07, 6.45) is 3.28. The standard InChI is InChI=1S/C16H16N2O3S.C2H6OS/c1-9(2)8-21-13-5-4-11(6-12(13)7-17)15-18-10(3)14(22-15)16(19)20;1-4(2)3/h4-6,9H,8H2,1-3H3,(H,19,20);1-2H3. The van der Waals surface area contributed by atoms with Gasteiger partial charge in [-0.05, 0) is 31.0 Å². The lowest BCUT2D eigenvalue weighted by Gasteiger charge is -2.10. The fourth-order valence-corrected chi connectivity index (χ4v) is 2.75. The summed E-state index contributed by atoms with van der Waals surface area (Å²) in [4.78, 5) is 15.6. The molecule has 0 aliphatic carbocycles. The van der Waals surface area contributed by atoms with Crippen LogP contribution in [0.2, 0.25) is 0 Å². The average Bonchev–Trinajstić information content (AvgIpc) is 2.94. The molecule has 0 saturated heterocycles. The van der Waals surface area contributed by atoms with Crippen LogP contribution < -0.4 is 4.74 Å². The van der Waals surface area contributed by atoms with Gasteiger partial charge in [0, 0.05) is 28.9 Å². The van der Waals surface area contributed by atoms with Gasteiger partial charge in [-0.25, -0.2) is 9.78 Å². The Balaban J connectivity index is 0.000000765. The van der Waals surface area contributed by atoms with E-state index < -0.39 is 16.8 Å². The third-order valence-electron chi connectivity index (χ3n) is 2.91. The molecule has 0 radical (unpaired) electrons. The topological polar surface area (TPSA) is 100 Å². The highest BCUT2D eigenvalue weighted by molar-refractivity contribution is 7.83. The maximum Gasteiger partial charge on any atom is 0.347 e. The molecule has 0 aliphatic rings. The van der Waals surface area contributed by atoms with Gasteiger partial charge < -0.3 is 9.84 Å². The molecule has 26 heavy (non-hydrogen) atoms. The summed E-state index contributed by atoms with van der Waals surface area (Å²) >= 11 is 1.10. The number of aryl methyl sites for hydroxylation is 1. The van der Waals surface area contributed by atoms with Gasteiger partial charge in [0.1, 0.15) is 21.7 Å². The minimum atomic E-state index is -0.987. The lowest BCUT2D eigenvalue weighted by atomic mass is 10.1. The molecule has 0 aliphatic heterocycles. The van der Waals surface area contributed by atoms with Crippen molar-refractivity contribution in [3.63, 3.8) is 0 Å². The Bertz CT molecular complexity index is 834. The zero-order valence-electron chi connectivity index (χ0n) is 15.4. The minimum absolute atomic E-state index is 0.216. The number of aromatic nitrogens is 1. The highest BCUT2D eigenvalue weighted by Gasteiger charge is 2.16. The van der Waals surface area contributed by atoms with Crippen molar-refractivity contribution in [2.75, 3.05) is 19.1 Å². The van der Waals surface area contributed by atoms with E-state index in [9.17, 15) is 14.3 Å². The molecule has 0 spiro atoms. The van der Waals surface area contributed by atoms with Crippen molar-refractivity contribution in [1.82, 2.24) is 4.98 Å². The molecule has 0 saturated carbocycles. The van der Waals surface area contributed by atoms with Crippen molar-refractivity contribution in [1.29, 1.82) is 5.26 Å². The van der Waals surface area contributed by atoms with Crippen molar-refractivity contribution in [3.05, 3.63) is 34.3 Å². The lowest BCUT2D eigenvalue weighted by molar-refractivity contribution is 0.0701. The zero-order valence-corrected chi connectivity index (χ0v) is 17.0. The summed E-state index contributed by atoms with van der Waals surface area (Å²) in [5.74, 6) is -0.0868. The first kappa shape index (κ1) is 21.8. The molecule has 0 unspecified atom stereocenters. The highest BCUT2D eigenvalue weighted by atomic mass is 32.2. The van der Waals surface area contributed by atoms with E-state index in [0.717, 1.165) is 11.3 Å². The van der Waals surface area contributed by atoms with E-state index in [1.807, 2.05) is 13.8 Å². The van der Waals surface area contributed by atoms with Crippen LogP contribution in [0, 0.1) is 24.2 Å². The van der Waals surface area contributed by atoms with E-state index in [2.05, 4.69) is 11.1 Å². The van der Waals surface area contributed by atoms with E-state index in [1.165, 1.54) is 0 Å². The van der Waals surface area contributed by atoms with Gasteiger partial charge in [0.05, 0.1) is 17.9 Å². The number of hydrogen-bond acceptors (Lipinski definition) is 6. The maximum atomic E-state index is 11.1. The van der Waals surface area contributed by atoms with Crippen LogP contribution in [-0.4, -0.2) is 39.4 Å². The molecular formula is C18H22N2O4S2. The van der Waals surface area contributed by atoms with Gasteiger partial charge in [-0.1, -0.05) is 13.8 Å². The van der Waals surface area contributed by atoms with Gasteiger partial charge in [-0.3, -0.25) is 4.21 Å². The Morgan fingerprint density at radius 1 is 1.42 bits per heavy atom. The van der Waals surface area contributed by atoms with Gasteiger partial charge in [0.15, 0.2) is 0 Å². The van der Waals surface area contributed by atoms with E-state index in [-0.39, 0.29) is 4.88 Å². The van der Waals surface area contributed by atoms with Crippen LogP contribution in [-0.2, 0) is 10.8 Å². The van der Waals surface area contributed by atoms with Crippen LogP contribution in [0.3, 0.4) is 0 Å². The fraction of sp³-hybridized carbons (Fsp3) is 0.389. The first-order valence-corrected chi connectivity index (χ1v) is 10.6. The van der Waals surface area contributed by atoms with E-state index >= 15 is 0 Å². The van der Waals surface area contributed by atoms with Crippen LogP contribution in [0.4, 0.5) is 0 Å². The molecule has 2 aromatic rings. The van der Waals surface area contributed by atoms with Gasteiger partial charge in [0.25, 0.3) is 0 Å². The molecule has 1 aromatic heterocycles. The summed E-state index contributed by atoms with van der Waals surface area (Å²) in [7, 11) is -0.611. The first-order valence-electron chi connectivity index (χ1n) is 7.78. The van der Waals surface area contributed by atoms with Crippen molar-refractivity contribution >= 4 is 28.1 Å². The van der Waals surface area contributed by atoms with Crippen molar-refractivity contribution in [2.24, 2.45) is 5.92 Å². The second-order valence-electron chi connectivity index (χ2n) is 6.01. The summed E-state index contributed by atoms with van der Waals surface area (Å²) in [6, 6.07) is 7.31. The van der Waals surface area contributed by atoms with Crippen molar-refractivity contribution in [2.45, 2.75) is 20.8 Å². The summed E-state index contributed by atoms with van der Waals surface area (Å²) in [6.45, 7) is 6.26. The molecule has 1 heterocycles. The maximum absolute atomic E-state index is 11.1. The fourth-order valence-electron chi connectivity index (χ4n) is 1.85. The molecule has 0 amide bonds. The number of nitrogens with zero attached hydrogens (tertiary/aromatic N) is 2. The zero-order chi connectivity index (χ0) is 19.9. The number of aromatic carboxylic acids is 1. The smallest absolute Gasteiger partial charge is 0.347 e. The Hall–Kier alpha value is -2.24. The van der Waals surface area contributed by atoms with Crippen molar-refractivity contribution < 1.29 is 18.8 Å².